The Morgan fingerprint density at radius 3 is 2.82 bits per heavy atom. The molecule has 0 bridgehead atoms. The minimum absolute atomic E-state index is 0.196. The number of amides is 1. The molecule has 3 rings (SSSR count). The fraction of sp³-hybridized carbons (Fsp3) is 0.118. The Balaban J connectivity index is 1.80. The van der Waals surface area contributed by atoms with Gasteiger partial charge in [-0.15, -0.1) is 11.3 Å². The number of hydrogen-bond acceptors (Lipinski definition) is 4. The van der Waals surface area contributed by atoms with Crippen molar-refractivity contribution in [3.8, 4) is 10.6 Å². The maximum Gasteiger partial charge on any atom is 0.275 e. The number of nitrogens with one attached hydrogen (secondary N) is 1. The van der Waals surface area contributed by atoms with Crippen molar-refractivity contribution in [3.63, 3.8) is 0 Å². The molecule has 0 fully saturated rings. The Kier molecular flexibility index (Phi) is 3.98. The van der Waals surface area contributed by atoms with Crippen LogP contribution in [0, 0.1) is 13.8 Å². The number of anilines is 1. The first-order valence-electron chi connectivity index (χ1n) is 6.88. The number of benzene rings is 1. The third-order valence-electron chi connectivity index (χ3n) is 3.28. The lowest BCUT2D eigenvalue weighted by Crippen LogP contribution is -2.13. The highest BCUT2D eigenvalue weighted by atomic mass is 32.1. The average Bonchev–Trinajstić information content (AvgIpc) is 3.01. The third-order valence-corrected chi connectivity index (χ3v) is 4.17. The number of carbonyl (C=O) groups excluding carboxylic acids is 1. The van der Waals surface area contributed by atoms with Crippen LogP contribution in [0.15, 0.2) is 48.1 Å². The van der Waals surface area contributed by atoms with Crippen molar-refractivity contribution in [1.82, 2.24) is 9.97 Å². The molecule has 0 aliphatic heterocycles. The Bertz CT molecular complexity index is 812. The van der Waals surface area contributed by atoms with E-state index in [2.05, 4.69) is 15.3 Å². The van der Waals surface area contributed by atoms with Gasteiger partial charge in [0.2, 0.25) is 0 Å². The first-order valence-corrected chi connectivity index (χ1v) is 7.76. The molecular formula is C17H15N3OS. The van der Waals surface area contributed by atoms with Crippen LogP contribution in [0.5, 0.6) is 0 Å². The maximum absolute atomic E-state index is 12.3. The minimum atomic E-state index is -0.196. The monoisotopic (exact) mass is 309 g/mol. The van der Waals surface area contributed by atoms with Gasteiger partial charge in [-0.1, -0.05) is 17.7 Å². The zero-order valence-corrected chi connectivity index (χ0v) is 13.1. The summed E-state index contributed by atoms with van der Waals surface area (Å²) in [6.07, 6.45) is 3.45. The van der Waals surface area contributed by atoms with E-state index >= 15 is 0 Å². The Morgan fingerprint density at radius 1 is 1.23 bits per heavy atom. The van der Waals surface area contributed by atoms with Gasteiger partial charge in [0.1, 0.15) is 10.7 Å². The summed E-state index contributed by atoms with van der Waals surface area (Å²) in [7, 11) is 0. The summed E-state index contributed by atoms with van der Waals surface area (Å²) in [5, 5.41) is 5.46. The molecule has 4 nitrogen and oxygen atoms in total. The number of nitrogens with zero attached hydrogens (tertiary/aromatic N) is 2. The standard InChI is InChI=1S/C17H15N3OS/c1-11-5-6-14(12(2)8-11)19-16(21)15-10-22-17(20-15)13-4-3-7-18-9-13/h3-10H,1-2H3,(H,19,21). The molecule has 5 heteroatoms. The van der Waals surface area contributed by atoms with Crippen LogP contribution in [-0.4, -0.2) is 15.9 Å². The van der Waals surface area contributed by atoms with Gasteiger partial charge in [0, 0.05) is 29.0 Å². The molecule has 0 saturated heterocycles. The quantitative estimate of drug-likeness (QED) is 0.793. The van der Waals surface area contributed by atoms with Crippen LogP contribution in [0.4, 0.5) is 5.69 Å². The van der Waals surface area contributed by atoms with Crippen LogP contribution in [0.1, 0.15) is 21.6 Å². The van der Waals surface area contributed by atoms with Crippen molar-refractivity contribution in [3.05, 3.63) is 64.9 Å². The second-order valence-corrected chi connectivity index (χ2v) is 5.91. The van der Waals surface area contributed by atoms with E-state index < -0.39 is 0 Å². The smallest absolute Gasteiger partial charge is 0.275 e. The number of thiazole rings is 1. The van der Waals surface area contributed by atoms with Gasteiger partial charge in [0.25, 0.3) is 5.91 Å². The van der Waals surface area contributed by atoms with E-state index in [9.17, 15) is 4.79 Å². The van der Waals surface area contributed by atoms with E-state index in [1.165, 1.54) is 16.9 Å². The number of rotatable bonds is 3. The predicted octanol–water partition coefficient (Wildman–Crippen LogP) is 4.07. The lowest BCUT2D eigenvalue weighted by atomic mass is 10.1. The summed E-state index contributed by atoms with van der Waals surface area (Å²) < 4.78 is 0. The van der Waals surface area contributed by atoms with E-state index in [0.717, 1.165) is 21.8 Å². The van der Waals surface area contributed by atoms with Crippen molar-refractivity contribution in [1.29, 1.82) is 0 Å². The molecule has 0 aliphatic carbocycles. The first kappa shape index (κ1) is 14.4. The van der Waals surface area contributed by atoms with Crippen LogP contribution in [0.25, 0.3) is 10.6 Å². The van der Waals surface area contributed by atoms with Crippen molar-refractivity contribution in [2.24, 2.45) is 0 Å². The normalized spacial score (nSPS) is 10.5. The molecule has 0 spiro atoms. The van der Waals surface area contributed by atoms with E-state index in [1.54, 1.807) is 17.8 Å². The van der Waals surface area contributed by atoms with Crippen LogP contribution >= 0.6 is 11.3 Å². The molecule has 0 radical (unpaired) electrons. The highest BCUT2D eigenvalue weighted by Crippen LogP contribution is 2.23. The number of aromatic nitrogens is 2. The van der Waals surface area contributed by atoms with Gasteiger partial charge in [-0.05, 0) is 37.6 Å². The highest BCUT2D eigenvalue weighted by Gasteiger charge is 2.13. The lowest BCUT2D eigenvalue weighted by Gasteiger charge is -2.07. The fourth-order valence-electron chi connectivity index (χ4n) is 2.14. The predicted molar refractivity (Wildman–Crippen MR) is 89.2 cm³/mol. The highest BCUT2D eigenvalue weighted by molar-refractivity contribution is 7.13. The molecule has 1 aromatic carbocycles. The van der Waals surface area contributed by atoms with Gasteiger partial charge >= 0.3 is 0 Å². The number of carbonyl (C=O) groups is 1. The van der Waals surface area contributed by atoms with Gasteiger partial charge in [-0.2, -0.15) is 0 Å². The van der Waals surface area contributed by atoms with E-state index in [1.807, 2.05) is 44.2 Å². The Labute approximate surface area is 132 Å². The lowest BCUT2D eigenvalue weighted by molar-refractivity contribution is 0.102. The van der Waals surface area contributed by atoms with Crippen LogP contribution in [0.2, 0.25) is 0 Å². The topological polar surface area (TPSA) is 54.9 Å². The summed E-state index contributed by atoms with van der Waals surface area (Å²) in [5.74, 6) is -0.196. The number of pyridine rings is 1. The summed E-state index contributed by atoms with van der Waals surface area (Å²) in [6.45, 7) is 4.00. The fourth-order valence-corrected chi connectivity index (χ4v) is 2.93. The molecule has 0 unspecified atom stereocenters. The molecule has 1 amide bonds. The zero-order chi connectivity index (χ0) is 15.5. The van der Waals surface area contributed by atoms with Gasteiger partial charge in [0.15, 0.2) is 0 Å². The molecule has 0 aliphatic rings. The van der Waals surface area contributed by atoms with E-state index in [4.69, 9.17) is 0 Å². The van der Waals surface area contributed by atoms with Crippen molar-refractivity contribution in [2.75, 3.05) is 5.32 Å². The molecule has 2 aromatic heterocycles. The summed E-state index contributed by atoms with van der Waals surface area (Å²) in [5.41, 5.74) is 4.35. The molecule has 1 N–H and O–H groups in total. The Morgan fingerprint density at radius 2 is 2.09 bits per heavy atom. The van der Waals surface area contributed by atoms with Gasteiger partial charge in [0.05, 0.1) is 0 Å². The SMILES string of the molecule is Cc1ccc(NC(=O)c2csc(-c3cccnc3)n2)c(C)c1. The largest absolute Gasteiger partial charge is 0.320 e. The molecule has 2 heterocycles. The van der Waals surface area contributed by atoms with Crippen molar-refractivity contribution < 1.29 is 4.79 Å². The second kappa shape index (κ2) is 6.07. The average molecular weight is 309 g/mol. The van der Waals surface area contributed by atoms with Crippen LogP contribution in [0.3, 0.4) is 0 Å². The minimum Gasteiger partial charge on any atom is -0.320 e. The van der Waals surface area contributed by atoms with Gasteiger partial charge < -0.3 is 5.32 Å². The van der Waals surface area contributed by atoms with Crippen molar-refractivity contribution >= 4 is 22.9 Å². The first-order chi connectivity index (χ1) is 10.6. The number of hydrogen-bond donors (Lipinski definition) is 1. The van der Waals surface area contributed by atoms with Crippen LogP contribution in [-0.2, 0) is 0 Å². The maximum atomic E-state index is 12.3. The summed E-state index contributed by atoms with van der Waals surface area (Å²) >= 11 is 1.44. The van der Waals surface area contributed by atoms with Crippen LogP contribution < -0.4 is 5.32 Å². The Hall–Kier alpha value is -2.53. The molecule has 0 saturated carbocycles. The molecule has 3 aromatic rings. The zero-order valence-electron chi connectivity index (χ0n) is 12.3. The van der Waals surface area contributed by atoms with E-state index in [0.29, 0.717) is 5.69 Å². The molecule has 22 heavy (non-hydrogen) atoms. The van der Waals surface area contributed by atoms with Gasteiger partial charge in [-0.25, -0.2) is 4.98 Å². The molecule has 110 valence electrons. The third kappa shape index (κ3) is 3.04. The molecule has 0 atom stereocenters. The van der Waals surface area contributed by atoms with E-state index in [-0.39, 0.29) is 5.91 Å². The van der Waals surface area contributed by atoms with Gasteiger partial charge in [-0.3, -0.25) is 9.78 Å². The summed E-state index contributed by atoms with van der Waals surface area (Å²) in [4.78, 5) is 20.8. The second-order valence-electron chi connectivity index (χ2n) is 5.05. The number of aryl methyl sites for hydroxylation is 2. The summed E-state index contributed by atoms with van der Waals surface area (Å²) in [6, 6.07) is 9.71. The van der Waals surface area contributed by atoms with Crippen molar-refractivity contribution in [2.45, 2.75) is 13.8 Å². The molecular weight excluding hydrogens is 294 g/mol.